The number of carbonyl (C=O) groups is 2. The minimum atomic E-state index is -1.16. The number of nitrogens with one attached hydrogen (secondary N) is 2. The predicted molar refractivity (Wildman–Crippen MR) is 81.4 cm³/mol. The van der Waals surface area contributed by atoms with E-state index in [1.165, 1.54) is 18.3 Å². The van der Waals surface area contributed by atoms with Crippen LogP contribution in [0.4, 0.5) is 17.2 Å². The summed E-state index contributed by atoms with van der Waals surface area (Å²) in [5.41, 5.74) is -0.134. The minimum absolute atomic E-state index is 0.0510. The van der Waals surface area contributed by atoms with Crippen molar-refractivity contribution in [1.29, 1.82) is 0 Å². The largest absolute Gasteiger partial charge is 0.480 e. The Bertz CT molecular complexity index is 748. The van der Waals surface area contributed by atoms with Crippen molar-refractivity contribution in [3.63, 3.8) is 0 Å². The highest BCUT2D eigenvalue weighted by atomic mass is 16.6. The number of carboxylic acids is 1. The zero-order valence-electron chi connectivity index (χ0n) is 11.7. The molecule has 0 aliphatic carbocycles. The molecule has 0 spiro atoms. The molecule has 0 bridgehead atoms. The Kier molecular flexibility index (Phi) is 4.82. The lowest BCUT2D eigenvalue weighted by molar-refractivity contribution is -0.384. The van der Waals surface area contributed by atoms with Crippen LogP contribution in [0.2, 0.25) is 0 Å². The molecular formula is C14H12N4O5. The van der Waals surface area contributed by atoms with Crippen molar-refractivity contribution in [2.75, 3.05) is 17.2 Å². The average molecular weight is 316 g/mol. The third kappa shape index (κ3) is 4.24. The van der Waals surface area contributed by atoms with Crippen LogP contribution in [0, 0.1) is 10.1 Å². The molecule has 0 fully saturated rings. The summed E-state index contributed by atoms with van der Waals surface area (Å²) < 4.78 is 0. The van der Waals surface area contributed by atoms with Gasteiger partial charge in [0.1, 0.15) is 12.4 Å². The van der Waals surface area contributed by atoms with E-state index in [1.807, 2.05) is 0 Å². The van der Waals surface area contributed by atoms with Crippen molar-refractivity contribution >= 4 is 29.1 Å². The van der Waals surface area contributed by atoms with Crippen LogP contribution >= 0.6 is 0 Å². The Morgan fingerprint density at radius 2 is 2.04 bits per heavy atom. The number of hydrogen-bond acceptors (Lipinski definition) is 6. The van der Waals surface area contributed by atoms with Crippen molar-refractivity contribution in [1.82, 2.24) is 4.98 Å². The summed E-state index contributed by atoms with van der Waals surface area (Å²) in [4.78, 5) is 37.0. The number of aromatic nitrogens is 1. The molecule has 9 nitrogen and oxygen atoms in total. The highest BCUT2D eigenvalue weighted by Crippen LogP contribution is 2.23. The van der Waals surface area contributed by atoms with Gasteiger partial charge in [0.15, 0.2) is 0 Å². The summed E-state index contributed by atoms with van der Waals surface area (Å²) >= 11 is 0. The molecule has 9 heteroatoms. The highest BCUT2D eigenvalue weighted by molar-refractivity contribution is 6.08. The number of pyridine rings is 1. The van der Waals surface area contributed by atoms with Crippen LogP contribution in [0.25, 0.3) is 0 Å². The molecule has 2 aromatic rings. The molecule has 0 atom stereocenters. The Hall–Kier alpha value is -3.49. The third-order valence-corrected chi connectivity index (χ3v) is 2.80. The van der Waals surface area contributed by atoms with E-state index in [-0.39, 0.29) is 16.9 Å². The maximum atomic E-state index is 12.3. The topological polar surface area (TPSA) is 134 Å². The monoisotopic (exact) mass is 316 g/mol. The van der Waals surface area contributed by atoms with Gasteiger partial charge in [-0.3, -0.25) is 19.7 Å². The summed E-state index contributed by atoms with van der Waals surface area (Å²) in [7, 11) is 0. The van der Waals surface area contributed by atoms with Crippen LogP contribution < -0.4 is 10.6 Å². The van der Waals surface area contributed by atoms with E-state index in [1.54, 1.807) is 18.2 Å². The number of non-ortho nitro benzene ring substituents is 1. The number of nitrogens with zero attached hydrogens (tertiary/aromatic N) is 2. The van der Waals surface area contributed by atoms with Gasteiger partial charge in [-0.1, -0.05) is 6.07 Å². The SMILES string of the molecule is O=C(O)CNc1cc([N+](=O)[O-])ccc1C(=O)Nc1ccccn1. The zero-order chi connectivity index (χ0) is 16.8. The molecule has 118 valence electrons. The summed E-state index contributed by atoms with van der Waals surface area (Å²) in [6, 6.07) is 8.47. The number of nitro benzene ring substituents is 1. The number of rotatable bonds is 6. The lowest BCUT2D eigenvalue weighted by Crippen LogP contribution is -2.18. The number of amides is 1. The first kappa shape index (κ1) is 15.9. The molecule has 0 saturated heterocycles. The summed E-state index contributed by atoms with van der Waals surface area (Å²) in [6.07, 6.45) is 1.50. The lowest BCUT2D eigenvalue weighted by atomic mass is 10.1. The number of aliphatic carboxylic acids is 1. The quantitative estimate of drug-likeness (QED) is 0.545. The molecular weight excluding hydrogens is 304 g/mol. The van der Waals surface area contributed by atoms with Gasteiger partial charge in [-0.25, -0.2) is 4.98 Å². The molecule has 0 aliphatic heterocycles. The molecule has 1 aromatic carbocycles. The van der Waals surface area contributed by atoms with E-state index in [2.05, 4.69) is 15.6 Å². The Labute approximate surface area is 130 Å². The van der Waals surface area contributed by atoms with E-state index in [0.29, 0.717) is 5.82 Å². The van der Waals surface area contributed by atoms with Gasteiger partial charge in [0.25, 0.3) is 11.6 Å². The Morgan fingerprint density at radius 3 is 2.65 bits per heavy atom. The van der Waals surface area contributed by atoms with Crippen LogP contribution in [0.15, 0.2) is 42.6 Å². The van der Waals surface area contributed by atoms with Gasteiger partial charge in [-0.2, -0.15) is 0 Å². The van der Waals surface area contributed by atoms with Gasteiger partial charge < -0.3 is 15.7 Å². The fraction of sp³-hybridized carbons (Fsp3) is 0.0714. The lowest BCUT2D eigenvalue weighted by Gasteiger charge is -2.10. The number of hydrogen-bond donors (Lipinski definition) is 3. The molecule has 0 saturated carbocycles. The van der Waals surface area contributed by atoms with E-state index in [9.17, 15) is 19.7 Å². The maximum Gasteiger partial charge on any atom is 0.322 e. The van der Waals surface area contributed by atoms with Crippen LogP contribution in [0.3, 0.4) is 0 Å². The van der Waals surface area contributed by atoms with E-state index >= 15 is 0 Å². The first-order valence-corrected chi connectivity index (χ1v) is 6.44. The third-order valence-electron chi connectivity index (χ3n) is 2.80. The number of carbonyl (C=O) groups excluding carboxylic acids is 1. The van der Waals surface area contributed by atoms with Crippen LogP contribution in [-0.2, 0) is 4.79 Å². The van der Waals surface area contributed by atoms with Crippen molar-refractivity contribution in [3.8, 4) is 0 Å². The smallest absolute Gasteiger partial charge is 0.322 e. The fourth-order valence-corrected chi connectivity index (χ4v) is 1.78. The fourth-order valence-electron chi connectivity index (χ4n) is 1.78. The molecule has 0 radical (unpaired) electrons. The second-order valence-electron chi connectivity index (χ2n) is 4.40. The standard InChI is InChI=1S/C14H12N4O5/c19-13(20)8-16-11-7-9(18(22)23)4-5-10(11)14(21)17-12-3-1-2-6-15-12/h1-7,16H,8H2,(H,19,20)(H,15,17,21). The predicted octanol–water partition coefficient (Wildman–Crippen LogP) is 1.74. The zero-order valence-corrected chi connectivity index (χ0v) is 11.7. The van der Waals surface area contributed by atoms with Crippen molar-refractivity contribution in [3.05, 3.63) is 58.3 Å². The van der Waals surface area contributed by atoms with Crippen molar-refractivity contribution in [2.24, 2.45) is 0 Å². The van der Waals surface area contributed by atoms with Gasteiger partial charge >= 0.3 is 5.97 Å². The molecule has 1 amide bonds. The number of carboxylic acid groups (broad SMARTS) is 1. The summed E-state index contributed by atoms with van der Waals surface area (Å²) in [6.45, 7) is -0.481. The number of benzene rings is 1. The number of nitro groups is 1. The van der Waals surface area contributed by atoms with Crippen LogP contribution in [0.1, 0.15) is 10.4 Å². The first-order chi connectivity index (χ1) is 11.0. The molecule has 3 N–H and O–H groups in total. The molecule has 0 aliphatic rings. The second-order valence-corrected chi connectivity index (χ2v) is 4.40. The maximum absolute atomic E-state index is 12.3. The second kappa shape index (κ2) is 6.98. The molecule has 1 heterocycles. The Balaban J connectivity index is 2.29. The number of anilines is 2. The molecule has 0 unspecified atom stereocenters. The van der Waals surface area contributed by atoms with Gasteiger partial charge in [0, 0.05) is 18.3 Å². The van der Waals surface area contributed by atoms with E-state index < -0.39 is 23.3 Å². The van der Waals surface area contributed by atoms with Gasteiger partial charge in [0.05, 0.1) is 16.2 Å². The van der Waals surface area contributed by atoms with E-state index in [4.69, 9.17) is 5.11 Å². The van der Waals surface area contributed by atoms with Crippen LogP contribution in [0.5, 0.6) is 0 Å². The normalized spacial score (nSPS) is 9.91. The first-order valence-electron chi connectivity index (χ1n) is 6.44. The van der Waals surface area contributed by atoms with Crippen LogP contribution in [-0.4, -0.2) is 33.4 Å². The summed E-state index contributed by atoms with van der Waals surface area (Å²) in [5, 5.41) is 24.5. The van der Waals surface area contributed by atoms with Gasteiger partial charge in [0.2, 0.25) is 0 Å². The van der Waals surface area contributed by atoms with Gasteiger partial charge in [-0.15, -0.1) is 0 Å². The molecule has 2 rings (SSSR count). The molecule has 1 aromatic heterocycles. The average Bonchev–Trinajstić information content (AvgIpc) is 2.53. The van der Waals surface area contributed by atoms with Gasteiger partial charge in [-0.05, 0) is 18.2 Å². The van der Waals surface area contributed by atoms with Crippen molar-refractivity contribution in [2.45, 2.75) is 0 Å². The summed E-state index contributed by atoms with van der Waals surface area (Å²) in [5.74, 6) is -1.42. The van der Waals surface area contributed by atoms with Crippen molar-refractivity contribution < 1.29 is 19.6 Å². The van der Waals surface area contributed by atoms with E-state index in [0.717, 1.165) is 6.07 Å². The Morgan fingerprint density at radius 1 is 1.26 bits per heavy atom. The molecule has 23 heavy (non-hydrogen) atoms. The minimum Gasteiger partial charge on any atom is -0.480 e. The highest BCUT2D eigenvalue weighted by Gasteiger charge is 2.17.